The van der Waals surface area contributed by atoms with E-state index in [9.17, 15) is 4.79 Å². The molecule has 0 radical (unpaired) electrons. The zero-order valence-corrected chi connectivity index (χ0v) is 16.9. The molecular formula is C22H39NO. The maximum atomic E-state index is 12.2. The van der Waals surface area contributed by atoms with E-state index in [0.29, 0.717) is 22.8 Å². The van der Waals surface area contributed by atoms with Crippen LogP contribution in [-0.2, 0) is 4.79 Å². The number of amides is 1. The number of fused-ring (bicyclic) bond motifs is 5. The normalized spacial score (nSPS) is 50.3. The lowest BCUT2D eigenvalue weighted by atomic mass is 9.45. The summed E-state index contributed by atoms with van der Waals surface area (Å²) < 4.78 is 0. The van der Waals surface area contributed by atoms with Gasteiger partial charge in [0.1, 0.15) is 0 Å². The van der Waals surface area contributed by atoms with Crippen molar-refractivity contribution in [3.63, 3.8) is 0 Å². The van der Waals surface area contributed by atoms with Crippen molar-refractivity contribution in [3.8, 4) is 0 Å². The summed E-state index contributed by atoms with van der Waals surface area (Å²) in [6, 6.07) is 0.496. The highest BCUT2D eigenvalue weighted by molar-refractivity contribution is 5.77. The van der Waals surface area contributed by atoms with Crippen molar-refractivity contribution in [2.75, 3.05) is 7.05 Å². The molecule has 0 N–H and O–H groups in total. The van der Waals surface area contributed by atoms with Crippen LogP contribution in [0.3, 0.4) is 0 Å². The zero-order valence-electron chi connectivity index (χ0n) is 16.9. The Morgan fingerprint density at radius 2 is 1.75 bits per heavy atom. The Balaban J connectivity index is 0.000000815. The molecule has 1 aliphatic heterocycles. The predicted octanol–water partition coefficient (Wildman–Crippen LogP) is 5.51. The Hall–Kier alpha value is -0.530. The molecule has 1 amide bonds. The number of piperidine rings is 1. The van der Waals surface area contributed by atoms with E-state index in [1.807, 2.05) is 13.8 Å². The molecule has 4 rings (SSSR count). The van der Waals surface area contributed by atoms with E-state index in [4.69, 9.17) is 0 Å². The van der Waals surface area contributed by atoms with Gasteiger partial charge in [-0.3, -0.25) is 4.79 Å². The Kier molecular flexibility index (Phi) is 4.81. The van der Waals surface area contributed by atoms with E-state index in [2.05, 4.69) is 32.7 Å². The molecule has 0 aromatic carbocycles. The summed E-state index contributed by atoms with van der Waals surface area (Å²) in [6.45, 7) is 11.6. The quantitative estimate of drug-likeness (QED) is 0.572. The van der Waals surface area contributed by atoms with Crippen LogP contribution >= 0.6 is 0 Å². The fourth-order valence-electron chi connectivity index (χ4n) is 7.45. The lowest BCUT2D eigenvalue weighted by Crippen LogP contribution is -2.62. The van der Waals surface area contributed by atoms with Crippen LogP contribution in [0.2, 0.25) is 0 Å². The van der Waals surface area contributed by atoms with Gasteiger partial charge in [0.15, 0.2) is 0 Å². The second kappa shape index (κ2) is 6.32. The summed E-state index contributed by atoms with van der Waals surface area (Å²) >= 11 is 0. The molecule has 2 nitrogen and oxygen atoms in total. The van der Waals surface area contributed by atoms with Crippen molar-refractivity contribution in [2.45, 2.75) is 92.0 Å². The predicted molar refractivity (Wildman–Crippen MR) is 101 cm³/mol. The summed E-state index contributed by atoms with van der Waals surface area (Å²) in [7, 11) is 2.07. The summed E-state index contributed by atoms with van der Waals surface area (Å²) in [5.74, 6) is 3.91. The molecule has 3 aliphatic carbocycles. The SMILES string of the molecule is CC.CC1CC2N(C)C(=O)CC[C@]2(C)C2CC[C@]3(C)CCCC3C12. The lowest BCUT2D eigenvalue weighted by molar-refractivity contribution is -0.164. The number of rotatable bonds is 0. The number of nitrogens with zero attached hydrogens (tertiary/aromatic N) is 1. The van der Waals surface area contributed by atoms with Gasteiger partial charge in [0.25, 0.3) is 0 Å². The van der Waals surface area contributed by atoms with E-state index in [1.165, 1.54) is 38.5 Å². The van der Waals surface area contributed by atoms with Crippen molar-refractivity contribution in [1.29, 1.82) is 0 Å². The molecule has 2 heteroatoms. The first-order valence-corrected chi connectivity index (χ1v) is 10.6. The Morgan fingerprint density at radius 3 is 2.46 bits per heavy atom. The molecule has 138 valence electrons. The summed E-state index contributed by atoms with van der Waals surface area (Å²) in [4.78, 5) is 14.3. The van der Waals surface area contributed by atoms with Crippen LogP contribution in [0.1, 0.15) is 86.0 Å². The van der Waals surface area contributed by atoms with Crippen LogP contribution in [-0.4, -0.2) is 23.9 Å². The molecule has 0 spiro atoms. The number of hydrogen-bond donors (Lipinski definition) is 0. The van der Waals surface area contributed by atoms with E-state index in [1.54, 1.807) is 0 Å². The molecular weight excluding hydrogens is 294 g/mol. The van der Waals surface area contributed by atoms with Gasteiger partial charge >= 0.3 is 0 Å². The van der Waals surface area contributed by atoms with Crippen molar-refractivity contribution >= 4 is 5.91 Å². The van der Waals surface area contributed by atoms with Gasteiger partial charge in [-0.2, -0.15) is 0 Å². The highest BCUT2D eigenvalue weighted by Crippen LogP contribution is 2.65. The monoisotopic (exact) mass is 333 g/mol. The van der Waals surface area contributed by atoms with Gasteiger partial charge in [-0.05, 0) is 73.0 Å². The molecule has 5 unspecified atom stereocenters. The van der Waals surface area contributed by atoms with Crippen LogP contribution in [0.25, 0.3) is 0 Å². The smallest absolute Gasteiger partial charge is 0.222 e. The average molecular weight is 334 g/mol. The second-order valence-corrected chi connectivity index (χ2v) is 9.61. The Bertz CT molecular complexity index is 488. The second-order valence-electron chi connectivity index (χ2n) is 9.61. The number of carbonyl (C=O) groups is 1. The van der Waals surface area contributed by atoms with Crippen molar-refractivity contribution in [3.05, 3.63) is 0 Å². The first-order valence-electron chi connectivity index (χ1n) is 10.6. The highest BCUT2D eigenvalue weighted by Gasteiger charge is 2.60. The van der Waals surface area contributed by atoms with Crippen LogP contribution < -0.4 is 0 Å². The fourth-order valence-corrected chi connectivity index (χ4v) is 7.45. The molecule has 0 bridgehead atoms. The summed E-state index contributed by atoms with van der Waals surface area (Å²) in [6.07, 6.45) is 10.4. The molecule has 7 atom stereocenters. The fraction of sp³-hybridized carbons (Fsp3) is 0.955. The number of hydrogen-bond acceptors (Lipinski definition) is 1. The van der Waals surface area contributed by atoms with E-state index >= 15 is 0 Å². The third-order valence-corrected chi connectivity index (χ3v) is 8.71. The van der Waals surface area contributed by atoms with E-state index in [0.717, 1.165) is 36.5 Å². The average Bonchev–Trinajstić information content (AvgIpc) is 2.97. The van der Waals surface area contributed by atoms with Crippen LogP contribution in [0, 0.1) is 34.5 Å². The number of likely N-dealkylation sites (tertiary alicyclic amines) is 1. The molecule has 24 heavy (non-hydrogen) atoms. The zero-order chi connectivity index (χ0) is 17.7. The van der Waals surface area contributed by atoms with Gasteiger partial charge in [0.2, 0.25) is 5.91 Å². The largest absolute Gasteiger partial charge is 0.342 e. The standard InChI is InChI=1S/C20H33NO.C2H6/c1-13-12-16-20(3,11-8-17(22)21(16)4)15-7-10-19(2)9-5-6-14(19)18(13)15;1-2/h13-16,18H,5-12H2,1-4H3;1-2H3/t13?,14?,15?,16?,18?,19-,20+;/m0./s1. The van der Waals surface area contributed by atoms with Gasteiger partial charge in [-0.1, -0.05) is 41.0 Å². The lowest BCUT2D eigenvalue weighted by Gasteiger charge is -2.63. The molecule has 3 saturated carbocycles. The molecule has 1 heterocycles. The minimum absolute atomic E-state index is 0.379. The molecule has 1 saturated heterocycles. The third kappa shape index (κ3) is 2.46. The van der Waals surface area contributed by atoms with Crippen LogP contribution in [0.15, 0.2) is 0 Å². The molecule has 4 fully saturated rings. The number of carbonyl (C=O) groups excluding carboxylic acids is 1. The van der Waals surface area contributed by atoms with Crippen LogP contribution in [0.4, 0.5) is 0 Å². The first kappa shape index (κ1) is 18.3. The van der Waals surface area contributed by atoms with E-state index < -0.39 is 0 Å². The van der Waals surface area contributed by atoms with Crippen molar-refractivity contribution in [1.82, 2.24) is 4.90 Å². The first-order chi connectivity index (χ1) is 11.4. The minimum atomic E-state index is 0.379. The van der Waals surface area contributed by atoms with Gasteiger partial charge in [-0.25, -0.2) is 0 Å². The molecule has 0 aromatic rings. The van der Waals surface area contributed by atoms with Gasteiger partial charge in [0, 0.05) is 19.5 Å². The molecule has 0 aromatic heterocycles. The van der Waals surface area contributed by atoms with Crippen molar-refractivity contribution < 1.29 is 4.79 Å². The molecule has 4 aliphatic rings. The minimum Gasteiger partial charge on any atom is -0.342 e. The van der Waals surface area contributed by atoms with Gasteiger partial charge in [-0.15, -0.1) is 0 Å². The van der Waals surface area contributed by atoms with Crippen LogP contribution in [0.5, 0.6) is 0 Å². The Morgan fingerprint density at radius 1 is 1.04 bits per heavy atom. The van der Waals surface area contributed by atoms with Gasteiger partial charge < -0.3 is 4.90 Å². The summed E-state index contributed by atoms with van der Waals surface area (Å²) in [5.41, 5.74) is 1.01. The topological polar surface area (TPSA) is 20.3 Å². The maximum Gasteiger partial charge on any atom is 0.222 e. The van der Waals surface area contributed by atoms with Crippen molar-refractivity contribution in [2.24, 2.45) is 34.5 Å². The van der Waals surface area contributed by atoms with Gasteiger partial charge in [0.05, 0.1) is 0 Å². The Labute approximate surface area is 149 Å². The third-order valence-electron chi connectivity index (χ3n) is 8.71. The van der Waals surface area contributed by atoms with E-state index in [-0.39, 0.29) is 0 Å². The maximum absolute atomic E-state index is 12.2. The summed E-state index contributed by atoms with van der Waals surface area (Å²) in [5, 5.41) is 0. The highest BCUT2D eigenvalue weighted by atomic mass is 16.2.